The highest BCUT2D eigenvalue weighted by Gasteiger charge is 2.36. The zero-order valence-corrected chi connectivity index (χ0v) is 14.7. The molecule has 0 aliphatic heterocycles. The molecule has 2 atom stereocenters. The van der Waals surface area contributed by atoms with Gasteiger partial charge < -0.3 is 10.2 Å². The first-order valence-corrected chi connectivity index (χ1v) is 9.06. The third-order valence-electron chi connectivity index (χ3n) is 6.29. The highest BCUT2D eigenvalue weighted by atomic mass is 16.3. The fourth-order valence-corrected chi connectivity index (χ4v) is 5.17. The summed E-state index contributed by atoms with van der Waals surface area (Å²) in [6.07, 6.45) is -1.27. The van der Waals surface area contributed by atoms with Crippen LogP contribution in [-0.4, -0.2) is 10.2 Å². The molecule has 0 heterocycles. The minimum absolute atomic E-state index is 0.637. The Kier molecular flexibility index (Phi) is 2.52. The zero-order chi connectivity index (χ0) is 17.7. The zero-order valence-electron chi connectivity index (χ0n) is 14.7. The van der Waals surface area contributed by atoms with Gasteiger partial charge in [0, 0.05) is 0 Å². The maximum atomic E-state index is 11.2. The standard InChI is InChI=1S/C24H18O2/c1-11-9-17-21-19-13(11)5-3-7-15(19)24(26)18-10-12(2)14-6-4-8-16(23(17)25)20(14)22(18)21/h3-10,23-26H,1-2H3. The molecule has 0 saturated carbocycles. The van der Waals surface area contributed by atoms with Crippen molar-refractivity contribution >= 4 is 21.5 Å². The summed E-state index contributed by atoms with van der Waals surface area (Å²) in [5.41, 5.74) is 8.30. The second kappa shape index (κ2) is 4.53. The van der Waals surface area contributed by atoms with Gasteiger partial charge >= 0.3 is 0 Å². The van der Waals surface area contributed by atoms with Crippen LogP contribution < -0.4 is 0 Å². The molecule has 2 N–H and O–H groups in total. The first-order valence-electron chi connectivity index (χ1n) is 9.06. The Balaban J connectivity index is 1.99. The maximum Gasteiger partial charge on any atom is 0.105 e. The molecule has 0 amide bonds. The van der Waals surface area contributed by atoms with Crippen LogP contribution in [0.25, 0.3) is 32.7 Å². The molecule has 6 rings (SSSR count). The van der Waals surface area contributed by atoms with Gasteiger partial charge in [-0.1, -0.05) is 48.5 Å². The summed E-state index contributed by atoms with van der Waals surface area (Å²) in [6, 6.07) is 16.5. The monoisotopic (exact) mass is 338 g/mol. The summed E-state index contributed by atoms with van der Waals surface area (Å²) < 4.78 is 0. The minimum Gasteiger partial charge on any atom is -0.384 e. The minimum atomic E-state index is -0.637. The van der Waals surface area contributed by atoms with E-state index in [9.17, 15) is 10.2 Å². The van der Waals surface area contributed by atoms with Crippen molar-refractivity contribution in [3.63, 3.8) is 0 Å². The average Bonchev–Trinajstić information content (AvgIpc) is 2.65. The van der Waals surface area contributed by atoms with Gasteiger partial charge in [-0.15, -0.1) is 0 Å². The molecular weight excluding hydrogens is 320 g/mol. The Labute approximate surface area is 151 Å². The molecule has 0 bridgehead atoms. The summed E-state index contributed by atoms with van der Waals surface area (Å²) in [5.74, 6) is 0. The van der Waals surface area contributed by atoms with Crippen LogP contribution in [0.15, 0.2) is 48.5 Å². The van der Waals surface area contributed by atoms with Crippen molar-refractivity contribution in [2.45, 2.75) is 26.1 Å². The smallest absolute Gasteiger partial charge is 0.105 e. The van der Waals surface area contributed by atoms with Gasteiger partial charge in [0.1, 0.15) is 12.2 Å². The van der Waals surface area contributed by atoms with Gasteiger partial charge in [-0.25, -0.2) is 0 Å². The molecule has 0 fully saturated rings. The molecule has 2 nitrogen and oxygen atoms in total. The number of hydrogen-bond donors (Lipinski definition) is 2. The lowest BCUT2D eigenvalue weighted by atomic mass is 9.71. The van der Waals surface area contributed by atoms with Crippen molar-refractivity contribution in [2.24, 2.45) is 0 Å². The summed E-state index contributed by atoms with van der Waals surface area (Å²) in [6.45, 7) is 4.17. The molecule has 0 radical (unpaired) electrons. The van der Waals surface area contributed by atoms with E-state index in [1.807, 2.05) is 24.3 Å². The lowest BCUT2D eigenvalue weighted by Crippen LogP contribution is -2.17. The molecule has 2 aliphatic rings. The summed E-state index contributed by atoms with van der Waals surface area (Å²) in [7, 11) is 0. The van der Waals surface area contributed by atoms with Crippen LogP contribution in [0.2, 0.25) is 0 Å². The van der Waals surface area contributed by atoms with E-state index in [1.54, 1.807) is 0 Å². The lowest BCUT2D eigenvalue weighted by Gasteiger charge is -2.35. The SMILES string of the molecule is Cc1cc2c3c4c(cccc14)C(O)c1cc(C)c4cccc(c4c1-3)C2O. The van der Waals surface area contributed by atoms with E-state index in [0.29, 0.717) is 0 Å². The van der Waals surface area contributed by atoms with E-state index >= 15 is 0 Å². The van der Waals surface area contributed by atoms with Gasteiger partial charge in [0.2, 0.25) is 0 Å². The van der Waals surface area contributed by atoms with E-state index in [1.165, 1.54) is 0 Å². The van der Waals surface area contributed by atoms with E-state index in [-0.39, 0.29) is 0 Å². The van der Waals surface area contributed by atoms with E-state index < -0.39 is 12.2 Å². The number of hydrogen-bond acceptors (Lipinski definition) is 2. The van der Waals surface area contributed by atoms with Gasteiger partial charge in [0.05, 0.1) is 0 Å². The third-order valence-corrected chi connectivity index (χ3v) is 6.29. The second-order valence-corrected chi connectivity index (χ2v) is 7.66. The van der Waals surface area contributed by atoms with E-state index in [0.717, 1.165) is 66.1 Å². The Bertz CT molecular complexity index is 1180. The van der Waals surface area contributed by atoms with Crippen LogP contribution in [0.4, 0.5) is 0 Å². The molecule has 0 spiro atoms. The number of benzene rings is 4. The van der Waals surface area contributed by atoms with Gasteiger partial charge in [-0.2, -0.15) is 0 Å². The van der Waals surface area contributed by atoms with Crippen molar-refractivity contribution in [3.05, 3.63) is 81.9 Å². The van der Waals surface area contributed by atoms with Crippen molar-refractivity contribution < 1.29 is 10.2 Å². The predicted octanol–water partition coefficient (Wildman–Crippen LogP) is 5.07. The second-order valence-electron chi connectivity index (χ2n) is 7.66. The van der Waals surface area contributed by atoms with Crippen molar-refractivity contribution in [2.75, 3.05) is 0 Å². The molecular formula is C24H18O2. The van der Waals surface area contributed by atoms with E-state index in [2.05, 4.69) is 38.1 Å². The van der Waals surface area contributed by atoms with Crippen LogP contribution in [0.3, 0.4) is 0 Å². The number of rotatable bonds is 0. The molecule has 26 heavy (non-hydrogen) atoms. The summed E-state index contributed by atoms with van der Waals surface area (Å²) in [5, 5.41) is 26.9. The van der Waals surface area contributed by atoms with Crippen molar-refractivity contribution in [1.82, 2.24) is 0 Å². The summed E-state index contributed by atoms with van der Waals surface area (Å²) in [4.78, 5) is 0. The number of aliphatic hydroxyl groups excluding tert-OH is 2. The Hall–Kier alpha value is -2.68. The van der Waals surface area contributed by atoms with Crippen molar-refractivity contribution in [1.29, 1.82) is 0 Å². The lowest BCUT2D eigenvalue weighted by molar-refractivity contribution is 0.217. The maximum absolute atomic E-state index is 11.2. The van der Waals surface area contributed by atoms with Crippen LogP contribution in [0, 0.1) is 13.8 Å². The molecule has 4 aromatic carbocycles. The molecule has 2 heteroatoms. The van der Waals surface area contributed by atoms with Crippen LogP contribution in [0.1, 0.15) is 45.6 Å². The van der Waals surface area contributed by atoms with Crippen LogP contribution in [-0.2, 0) is 0 Å². The highest BCUT2D eigenvalue weighted by Crippen LogP contribution is 2.55. The first-order chi connectivity index (χ1) is 12.6. The van der Waals surface area contributed by atoms with Gasteiger partial charge in [0.25, 0.3) is 0 Å². The topological polar surface area (TPSA) is 40.5 Å². The summed E-state index contributed by atoms with van der Waals surface area (Å²) >= 11 is 0. The number of aryl methyl sites for hydroxylation is 2. The Morgan fingerprint density at radius 3 is 1.46 bits per heavy atom. The third kappa shape index (κ3) is 1.47. The Morgan fingerprint density at radius 1 is 0.615 bits per heavy atom. The average molecular weight is 338 g/mol. The molecule has 2 aliphatic carbocycles. The molecule has 126 valence electrons. The Morgan fingerprint density at radius 2 is 1.04 bits per heavy atom. The highest BCUT2D eigenvalue weighted by molar-refractivity contribution is 6.15. The normalized spacial score (nSPS) is 19.5. The van der Waals surface area contributed by atoms with Gasteiger partial charge in [0.15, 0.2) is 0 Å². The van der Waals surface area contributed by atoms with Gasteiger partial charge in [-0.05, 0) is 79.9 Å². The predicted molar refractivity (Wildman–Crippen MR) is 104 cm³/mol. The fraction of sp³-hybridized carbons (Fsp3) is 0.167. The van der Waals surface area contributed by atoms with Crippen LogP contribution >= 0.6 is 0 Å². The molecule has 0 saturated heterocycles. The quantitative estimate of drug-likeness (QED) is 0.470. The first kappa shape index (κ1) is 14.5. The van der Waals surface area contributed by atoms with Crippen molar-refractivity contribution in [3.8, 4) is 11.1 Å². The number of aliphatic hydroxyl groups is 2. The van der Waals surface area contributed by atoms with E-state index in [4.69, 9.17) is 0 Å². The van der Waals surface area contributed by atoms with Crippen LogP contribution in [0.5, 0.6) is 0 Å². The molecule has 2 unspecified atom stereocenters. The molecule has 4 aromatic rings. The van der Waals surface area contributed by atoms with Gasteiger partial charge in [-0.3, -0.25) is 0 Å². The fourth-order valence-electron chi connectivity index (χ4n) is 5.17. The molecule has 0 aromatic heterocycles. The largest absolute Gasteiger partial charge is 0.384 e.